The first-order chi connectivity index (χ1) is 7.45. The first-order valence-corrected chi connectivity index (χ1v) is 4.10. The first-order valence-electron chi connectivity index (χ1n) is 4.10. The van der Waals surface area contributed by atoms with E-state index < -0.39 is 6.16 Å². The van der Waals surface area contributed by atoms with Crippen LogP contribution >= 0.6 is 0 Å². The average molecular weight is 227 g/mol. The van der Waals surface area contributed by atoms with Gasteiger partial charge in [-0.3, -0.25) is 5.41 Å². The highest BCUT2D eigenvalue weighted by Crippen LogP contribution is 2.16. The summed E-state index contributed by atoms with van der Waals surface area (Å²) in [6.07, 6.45) is -1.32. The molecular weight excluding hydrogens is 214 g/mol. The predicted octanol–water partition coefficient (Wildman–Crippen LogP) is 0.591. The molecule has 0 aromatic heterocycles. The Labute approximate surface area is 92.1 Å². The highest BCUT2D eigenvalue weighted by Gasteiger charge is 1.99. The highest BCUT2D eigenvalue weighted by atomic mass is 16.7. The fraction of sp³-hybridized carbons (Fsp3) is 0.111. The molecule has 7 nitrogen and oxygen atoms in total. The summed E-state index contributed by atoms with van der Waals surface area (Å²) in [7, 11) is 1.53. The molecule has 0 heterocycles. The molecular formula is C9H13N3O4. The minimum atomic E-state index is -1.32. The van der Waals surface area contributed by atoms with Crippen LogP contribution in [0.15, 0.2) is 24.3 Å². The summed E-state index contributed by atoms with van der Waals surface area (Å²) in [6.45, 7) is 0. The number of methoxy groups -OCH3 is 1. The average Bonchev–Trinajstić information content (AvgIpc) is 2.17. The lowest BCUT2D eigenvalue weighted by atomic mass is 10.3. The Balaban J connectivity index is 0.000000487. The lowest BCUT2D eigenvalue weighted by Gasteiger charge is -2.00. The second-order valence-corrected chi connectivity index (χ2v) is 2.50. The molecule has 0 saturated carbocycles. The van der Waals surface area contributed by atoms with Crippen LogP contribution in [0.5, 0.6) is 11.5 Å². The second-order valence-electron chi connectivity index (χ2n) is 2.50. The summed E-state index contributed by atoms with van der Waals surface area (Å²) in [5, 5.41) is 14.3. The van der Waals surface area contributed by atoms with Crippen molar-refractivity contribution >= 4 is 12.1 Å². The van der Waals surface area contributed by atoms with Crippen molar-refractivity contribution in [3.63, 3.8) is 0 Å². The largest absolute Gasteiger partial charge is 0.511 e. The fourth-order valence-corrected chi connectivity index (χ4v) is 0.745. The summed E-state index contributed by atoms with van der Waals surface area (Å²) in [5.41, 5.74) is 8.94. The van der Waals surface area contributed by atoms with Crippen molar-refractivity contribution < 1.29 is 19.4 Å². The van der Waals surface area contributed by atoms with E-state index in [1.807, 2.05) is 0 Å². The van der Waals surface area contributed by atoms with Gasteiger partial charge in [0.15, 0.2) is 5.96 Å². The number of hydrogen-bond acceptors (Lipinski definition) is 4. The van der Waals surface area contributed by atoms with Gasteiger partial charge in [0.25, 0.3) is 0 Å². The highest BCUT2D eigenvalue weighted by molar-refractivity contribution is 5.71. The van der Waals surface area contributed by atoms with Crippen molar-refractivity contribution in [2.24, 2.45) is 11.5 Å². The number of nitrogens with one attached hydrogen (secondary N) is 1. The summed E-state index contributed by atoms with van der Waals surface area (Å²) >= 11 is 0. The van der Waals surface area contributed by atoms with Crippen molar-refractivity contribution in [3.05, 3.63) is 24.3 Å². The van der Waals surface area contributed by atoms with E-state index in [9.17, 15) is 4.79 Å². The van der Waals surface area contributed by atoms with Gasteiger partial charge in [0.1, 0.15) is 11.5 Å². The number of nitrogens with two attached hydrogens (primary N) is 2. The lowest BCUT2D eigenvalue weighted by Crippen LogP contribution is -2.20. The normalized spacial score (nSPS) is 8.31. The van der Waals surface area contributed by atoms with E-state index >= 15 is 0 Å². The molecule has 88 valence electrons. The van der Waals surface area contributed by atoms with Gasteiger partial charge < -0.3 is 26.0 Å². The van der Waals surface area contributed by atoms with Crippen LogP contribution in [0.25, 0.3) is 0 Å². The van der Waals surface area contributed by atoms with Crippen molar-refractivity contribution in [1.82, 2.24) is 0 Å². The van der Waals surface area contributed by atoms with Gasteiger partial charge in [-0.25, -0.2) is 4.79 Å². The maximum atomic E-state index is 10.1. The Morgan fingerprint density at radius 1 is 1.25 bits per heavy atom. The molecule has 0 saturated heterocycles. The molecule has 0 amide bonds. The van der Waals surface area contributed by atoms with Gasteiger partial charge in [-0.2, -0.15) is 0 Å². The second kappa shape index (κ2) is 6.93. The third kappa shape index (κ3) is 7.01. The number of guanidine groups is 1. The monoisotopic (exact) mass is 227 g/mol. The zero-order valence-corrected chi connectivity index (χ0v) is 8.64. The summed E-state index contributed by atoms with van der Waals surface area (Å²) < 4.78 is 9.25. The van der Waals surface area contributed by atoms with Crippen LogP contribution in [0.4, 0.5) is 4.79 Å². The molecule has 0 spiro atoms. The minimum absolute atomic E-state index is 0.281. The standard InChI is InChI=1S/C8H8O4.CH5N3/c1-11-6-2-4-7(5-3-6)12-8(9)10;2-1(3)4/h2-5H,1H3,(H,9,10);(H5,2,3,4). The summed E-state index contributed by atoms with van der Waals surface area (Å²) in [6, 6.07) is 6.29. The van der Waals surface area contributed by atoms with Crippen LogP contribution < -0.4 is 20.9 Å². The molecule has 1 rings (SSSR count). The third-order valence-electron chi connectivity index (χ3n) is 1.26. The lowest BCUT2D eigenvalue weighted by molar-refractivity contribution is 0.144. The van der Waals surface area contributed by atoms with Crippen LogP contribution in [0, 0.1) is 5.41 Å². The molecule has 1 aromatic carbocycles. The molecule has 1 aromatic rings. The SMILES string of the molecule is COc1ccc(OC(=O)O)cc1.N=C(N)N. The van der Waals surface area contributed by atoms with Crippen LogP contribution in [0.3, 0.4) is 0 Å². The van der Waals surface area contributed by atoms with Crippen LogP contribution in [0.1, 0.15) is 0 Å². The van der Waals surface area contributed by atoms with E-state index in [1.54, 1.807) is 12.1 Å². The van der Waals surface area contributed by atoms with E-state index in [1.165, 1.54) is 19.2 Å². The van der Waals surface area contributed by atoms with E-state index in [2.05, 4.69) is 16.2 Å². The molecule has 0 bridgehead atoms. The van der Waals surface area contributed by atoms with Crippen molar-refractivity contribution in [1.29, 1.82) is 5.41 Å². The van der Waals surface area contributed by atoms with E-state index in [-0.39, 0.29) is 11.7 Å². The summed E-state index contributed by atoms with van der Waals surface area (Å²) in [5.74, 6) is 0.607. The smallest absolute Gasteiger partial charge is 0.497 e. The molecule has 7 heteroatoms. The van der Waals surface area contributed by atoms with Crippen LogP contribution in [0.2, 0.25) is 0 Å². The molecule has 0 atom stereocenters. The number of carbonyl (C=O) groups is 1. The molecule has 0 fully saturated rings. The van der Waals surface area contributed by atoms with Gasteiger partial charge in [-0.1, -0.05) is 0 Å². The first kappa shape index (κ1) is 13.6. The van der Waals surface area contributed by atoms with Gasteiger partial charge in [0, 0.05) is 0 Å². The van der Waals surface area contributed by atoms with Gasteiger partial charge in [0.05, 0.1) is 7.11 Å². The molecule has 6 N–H and O–H groups in total. The Bertz CT molecular complexity index is 346. The predicted molar refractivity (Wildman–Crippen MR) is 57.7 cm³/mol. The zero-order valence-electron chi connectivity index (χ0n) is 8.64. The minimum Gasteiger partial charge on any atom is -0.497 e. The Kier molecular flexibility index (Phi) is 5.88. The van der Waals surface area contributed by atoms with Gasteiger partial charge in [-0.05, 0) is 24.3 Å². The van der Waals surface area contributed by atoms with E-state index in [0.717, 1.165) is 0 Å². The van der Waals surface area contributed by atoms with E-state index in [4.69, 9.17) is 15.3 Å². The number of ether oxygens (including phenoxy) is 2. The van der Waals surface area contributed by atoms with Crippen molar-refractivity contribution in [2.75, 3.05) is 7.11 Å². The van der Waals surface area contributed by atoms with E-state index in [0.29, 0.717) is 5.75 Å². The Morgan fingerprint density at radius 3 is 1.94 bits per heavy atom. The number of carboxylic acid groups (broad SMARTS) is 1. The molecule has 0 unspecified atom stereocenters. The molecule has 0 aliphatic heterocycles. The zero-order chi connectivity index (χ0) is 12.6. The molecule has 0 aliphatic carbocycles. The number of hydrogen-bond donors (Lipinski definition) is 4. The van der Waals surface area contributed by atoms with Gasteiger partial charge >= 0.3 is 6.16 Å². The molecule has 0 radical (unpaired) electrons. The van der Waals surface area contributed by atoms with Crippen LogP contribution in [-0.2, 0) is 0 Å². The van der Waals surface area contributed by atoms with Gasteiger partial charge in [-0.15, -0.1) is 0 Å². The fourth-order valence-electron chi connectivity index (χ4n) is 0.745. The number of rotatable bonds is 2. The topological polar surface area (TPSA) is 132 Å². The Morgan fingerprint density at radius 2 is 1.62 bits per heavy atom. The van der Waals surface area contributed by atoms with Crippen molar-refractivity contribution in [2.45, 2.75) is 0 Å². The maximum Gasteiger partial charge on any atom is 0.511 e. The quantitative estimate of drug-likeness (QED) is 0.253. The van der Waals surface area contributed by atoms with Crippen LogP contribution in [-0.4, -0.2) is 24.3 Å². The maximum absolute atomic E-state index is 10.1. The third-order valence-corrected chi connectivity index (χ3v) is 1.26. The Hall–Kier alpha value is -2.44. The van der Waals surface area contributed by atoms with Crippen molar-refractivity contribution in [3.8, 4) is 11.5 Å². The summed E-state index contributed by atoms with van der Waals surface area (Å²) in [4.78, 5) is 10.1. The molecule has 0 aliphatic rings. The number of benzene rings is 1. The van der Waals surface area contributed by atoms with Gasteiger partial charge in [0.2, 0.25) is 0 Å². The molecule has 16 heavy (non-hydrogen) atoms.